The van der Waals surface area contributed by atoms with Crippen molar-refractivity contribution in [1.29, 1.82) is 0 Å². The van der Waals surface area contributed by atoms with Crippen LogP contribution in [0.4, 0.5) is 11.4 Å². The first-order valence-corrected chi connectivity index (χ1v) is 10.2. The maximum Gasteiger partial charge on any atom is 0.337 e. The van der Waals surface area contributed by atoms with E-state index in [1.54, 1.807) is 19.1 Å². The summed E-state index contributed by atoms with van der Waals surface area (Å²) in [6.45, 7) is 2.11. The number of azo groups is 1. The summed E-state index contributed by atoms with van der Waals surface area (Å²) < 4.78 is 0. The minimum absolute atomic E-state index is 0.0201. The highest BCUT2D eigenvalue weighted by molar-refractivity contribution is 5.93. The number of nitrogens with zero attached hydrogens (tertiary/aromatic N) is 2. The first-order valence-electron chi connectivity index (χ1n) is 10.2. The molecule has 1 atom stereocenters. The van der Waals surface area contributed by atoms with E-state index in [2.05, 4.69) is 21.0 Å². The van der Waals surface area contributed by atoms with Crippen molar-refractivity contribution >= 4 is 29.2 Å². The van der Waals surface area contributed by atoms with Crippen molar-refractivity contribution in [2.45, 2.75) is 38.5 Å². The van der Waals surface area contributed by atoms with Crippen LogP contribution in [0.2, 0.25) is 0 Å². The normalized spacial score (nSPS) is 11.8. The second-order valence-corrected chi connectivity index (χ2v) is 7.16. The number of nitrogens with one attached hydrogen (secondary N) is 2. The number of hydrazine groups is 1. The SMILES string of the molecule is CC(C(=O)NCCCCCC(=O)NN)c1cc(/N=N/c2ccccc2C(=O)O)ccc1O. The molecule has 2 amide bonds. The van der Waals surface area contributed by atoms with Crippen LogP contribution < -0.4 is 16.6 Å². The van der Waals surface area contributed by atoms with E-state index in [4.69, 9.17) is 5.84 Å². The summed E-state index contributed by atoms with van der Waals surface area (Å²) in [7, 11) is 0. The van der Waals surface area contributed by atoms with Crippen molar-refractivity contribution in [3.05, 3.63) is 53.6 Å². The van der Waals surface area contributed by atoms with Crippen LogP contribution in [-0.4, -0.2) is 34.5 Å². The number of hydrogen-bond donors (Lipinski definition) is 5. The largest absolute Gasteiger partial charge is 0.508 e. The van der Waals surface area contributed by atoms with Gasteiger partial charge >= 0.3 is 5.97 Å². The van der Waals surface area contributed by atoms with Crippen LogP contribution in [0.25, 0.3) is 0 Å². The number of unbranched alkanes of at least 4 members (excludes halogenated alkanes) is 2. The fourth-order valence-corrected chi connectivity index (χ4v) is 2.97. The molecule has 6 N–H and O–H groups in total. The van der Waals surface area contributed by atoms with Gasteiger partial charge in [-0.25, -0.2) is 10.6 Å². The summed E-state index contributed by atoms with van der Waals surface area (Å²) in [6.07, 6.45) is 2.49. The number of phenolic OH excluding ortho intramolecular Hbond substituents is 1. The molecule has 0 aliphatic heterocycles. The predicted molar refractivity (Wildman–Crippen MR) is 118 cm³/mol. The van der Waals surface area contributed by atoms with Crippen LogP contribution in [0, 0.1) is 0 Å². The van der Waals surface area contributed by atoms with Gasteiger partial charge in [-0.05, 0) is 50.1 Å². The van der Waals surface area contributed by atoms with E-state index >= 15 is 0 Å². The number of aromatic carboxylic acids is 1. The van der Waals surface area contributed by atoms with E-state index < -0.39 is 11.9 Å². The van der Waals surface area contributed by atoms with Crippen LogP contribution >= 0.6 is 0 Å². The third-order valence-electron chi connectivity index (χ3n) is 4.82. The molecule has 170 valence electrons. The van der Waals surface area contributed by atoms with Crippen molar-refractivity contribution < 1.29 is 24.6 Å². The number of carboxylic acid groups (broad SMARTS) is 1. The van der Waals surface area contributed by atoms with Gasteiger partial charge in [-0.3, -0.25) is 15.0 Å². The third-order valence-corrected chi connectivity index (χ3v) is 4.82. The van der Waals surface area contributed by atoms with Crippen LogP contribution in [0.5, 0.6) is 5.75 Å². The Hall–Kier alpha value is -3.79. The Morgan fingerprint density at radius 3 is 2.53 bits per heavy atom. The maximum atomic E-state index is 12.5. The number of carboxylic acids is 1. The Kier molecular flexibility index (Phi) is 9.30. The molecule has 0 bridgehead atoms. The van der Waals surface area contributed by atoms with E-state index in [9.17, 15) is 24.6 Å². The number of nitrogens with two attached hydrogens (primary N) is 1. The number of aromatic hydroxyl groups is 1. The van der Waals surface area contributed by atoms with Crippen molar-refractivity contribution in [2.24, 2.45) is 16.1 Å². The first kappa shape index (κ1) is 24.5. The molecule has 0 saturated carbocycles. The van der Waals surface area contributed by atoms with Gasteiger partial charge < -0.3 is 15.5 Å². The molecule has 0 spiro atoms. The average Bonchev–Trinajstić information content (AvgIpc) is 2.79. The second kappa shape index (κ2) is 12.2. The van der Waals surface area contributed by atoms with Crippen molar-refractivity contribution in [3.63, 3.8) is 0 Å². The average molecular weight is 441 g/mol. The minimum atomic E-state index is -1.11. The Bertz CT molecular complexity index is 992. The van der Waals surface area contributed by atoms with Gasteiger partial charge in [0.2, 0.25) is 11.8 Å². The quantitative estimate of drug-likeness (QED) is 0.118. The van der Waals surface area contributed by atoms with Crippen LogP contribution in [-0.2, 0) is 9.59 Å². The summed E-state index contributed by atoms with van der Waals surface area (Å²) in [6, 6.07) is 10.7. The number of rotatable bonds is 11. The number of amides is 2. The third kappa shape index (κ3) is 7.17. The Balaban J connectivity index is 1.98. The van der Waals surface area contributed by atoms with Crippen LogP contribution in [0.1, 0.15) is 54.4 Å². The standard InChI is InChI=1S/C22H27N5O5/c1-14(21(30)24-12-6-2-3-9-20(29)25-23)17-13-15(10-11-19(17)28)26-27-18-8-5-4-7-16(18)22(31)32/h4-5,7-8,10-11,13-14,28H,2-3,6,9,12,23H2,1H3,(H,24,30)(H,25,29)(H,31,32)/b27-26+. The summed E-state index contributed by atoms with van der Waals surface area (Å²) in [5, 5.41) is 30.3. The first-order chi connectivity index (χ1) is 15.3. The highest BCUT2D eigenvalue weighted by Crippen LogP contribution is 2.31. The number of carbonyl (C=O) groups excluding carboxylic acids is 2. The molecule has 10 heteroatoms. The van der Waals surface area contributed by atoms with Crippen LogP contribution in [0.15, 0.2) is 52.7 Å². The Morgan fingerprint density at radius 2 is 1.81 bits per heavy atom. The molecule has 0 aromatic heterocycles. The smallest absolute Gasteiger partial charge is 0.337 e. The number of benzene rings is 2. The molecular formula is C22H27N5O5. The minimum Gasteiger partial charge on any atom is -0.508 e. The van der Waals surface area contributed by atoms with Gasteiger partial charge in [0.05, 0.1) is 17.2 Å². The van der Waals surface area contributed by atoms with Crippen molar-refractivity contribution in [2.75, 3.05) is 6.54 Å². The maximum absolute atomic E-state index is 12.5. The van der Waals surface area contributed by atoms with Gasteiger partial charge in [-0.1, -0.05) is 18.6 Å². The lowest BCUT2D eigenvalue weighted by Gasteiger charge is -2.14. The van der Waals surface area contributed by atoms with E-state index in [1.807, 2.05) is 0 Å². The van der Waals surface area contributed by atoms with Gasteiger partial charge in [0, 0.05) is 18.5 Å². The van der Waals surface area contributed by atoms with E-state index in [1.165, 1.54) is 30.3 Å². The molecule has 0 aliphatic rings. The van der Waals surface area contributed by atoms with Crippen molar-refractivity contribution in [3.8, 4) is 5.75 Å². The predicted octanol–water partition coefficient (Wildman–Crippen LogP) is 3.28. The van der Waals surface area contributed by atoms with Crippen LogP contribution in [0.3, 0.4) is 0 Å². The molecule has 0 saturated heterocycles. The monoisotopic (exact) mass is 441 g/mol. The molecule has 0 heterocycles. The summed E-state index contributed by atoms with van der Waals surface area (Å²) in [5.41, 5.74) is 3.04. The highest BCUT2D eigenvalue weighted by atomic mass is 16.4. The molecule has 32 heavy (non-hydrogen) atoms. The Morgan fingerprint density at radius 1 is 1.06 bits per heavy atom. The lowest BCUT2D eigenvalue weighted by Crippen LogP contribution is -2.30. The van der Waals surface area contributed by atoms with Gasteiger partial charge in [0.1, 0.15) is 11.4 Å². The summed E-state index contributed by atoms with van der Waals surface area (Å²) in [5.74, 6) is 2.74. The molecule has 10 nitrogen and oxygen atoms in total. The van der Waals surface area contributed by atoms with Crippen molar-refractivity contribution in [1.82, 2.24) is 10.7 Å². The lowest BCUT2D eigenvalue weighted by molar-refractivity contribution is -0.122. The van der Waals surface area contributed by atoms with E-state index in [0.29, 0.717) is 37.1 Å². The highest BCUT2D eigenvalue weighted by Gasteiger charge is 2.19. The number of carbonyl (C=O) groups is 3. The molecule has 0 radical (unpaired) electrons. The summed E-state index contributed by atoms with van der Waals surface area (Å²) >= 11 is 0. The summed E-state index contributed by atoms with van der Waals surface area (Å²) in [4.78, 5) is 34.8. The molecule has 2 aromatic carbocycles. The number of hydrogen-bond acceptors (Lipinski definition) is 7. The second-order valence-electron chi connectivity index (χ2n) is 7.16. The van der Waals surface area contributed by atoms with Gasteiger partial charge in [0.25, 0.3) is 0 Å². The zero-order valence-electron chi connectivity index (χ0n) is 17.7. The molecule has 1 unspecified atom stereocenters. The topological polar surface area (TPSA) is 166 Å². The van der Waals surface area contributed by atoms with Gasteiger partial charge in [0.15, 0.2) is 0 Å². The molecule has 2 rings (SSSR count). The molecule has 2 aromatic rings. The zero-order chi connectivity index (χ0) is 23.5. The lowest BCUT2D eigenvalue weighted by atomic mass is 9.98. The Labute approximate surface area is 185 Å². The van der Waals surface area contributed by atoms with E-state index in [0.717, 1.165) is 6.42 Å². The molecular weight excluding hydrogens is 414 g/mol. The fraction of sp³-hybridized carbons (Fsp3) is 0.318. The van der Waals surface area contributed by atoms with Gasteiger partial charge in [-0.2, -0.15) is 5.11 Å². The fourth-order valence-electron chi connectivity index (χ4n) is 2.97. The van der Waals surface area contributed by atoms with Gasteiger partial charge in [-0.15, -0.1) is 5.11 Å². The number of phenols is 1. The van der Waals surface area contributed by atoms with E-state index in [-0.39, 0.29) is 28.8 Å². The molecule has 0 aliphatic carbocycles. The molecule has 0 fully saturated rings. The zero-order valence-corrected chi connectivity index (χ0v) is 17.7.